The molecule has 0 fully saturated rings. The lowest BCUT2D eigenvalue weighted by atomic mass is 10.0. The number of hydrogen-bond donors (Lipinski definition) is 0. The van der Waals surface area contributed by atoms with Gasteiger partial charge >= 0.3 is 0 Å². The van der Waals surface area contributed by atoms with Crippen LogP contribution in [0, 0.1) is 13.8 Å². The fourth-order valence-corrected chi connectivity index (χ4v) is 1.42. The predicted octanol–water partition coefficient (Wildman–Crippen LogP) is 3.95. The first-order chi connectivity index (χ1) is 6.15. The van der Waals surface area contributed by atoms with Gasteiger partial charge in [-0.25, -0.2) is 0 Å². The van der Waals surface area contributed by atoms with Gasteiger partial charge in [0.1, 0.15) is 0 Å². The molecule has 0 aromatic heterocycles. The van der Waals surface area contributed by atoms with Crippen LogP contribution in [-0.4, -0.2) is 5.88 Å². The van der Waals surface area contributed by atoms with E-state index in [0.29, 0.717) is 5.88 Å². The van der Waals surface area contributed by atoms with E-state index in [1.54, 1.807) is 0 Å². The molecular formula is C12H15Cl. The van der Waals surface area contributed by atoms with E-state index in [4.69, 9.17) is 11.6 Å². The van der Waals surface area contributed by atoms with E-state index in [0.717, 1.165) is 0 Å². The molecule has 1 aromatic carbocycles. The number of benzene rings is 1. The molecule has 70 valence electrons. The average molecular weight is 195 g/mol. The highest BCUT2D eigenvalue weighted by molar-refractivity contribution is 6.19. The van der Waals surface area contributed by atoms with Crippen molar-refractivity contribution in [1.29, 1.82) is 0 Å². The Balaban J connectivity index is 3.14. The summed E-state index contributed by atoms with van der Waals surface area (Å²) in [5.41, 5.74) is 5.13. The van der Waals surface area contributed by atoms with E-state index in [-0.39, 0.29) is 0 Å². The molecule has 13 heavy (non-hydrogen) atoms. The van der Waals surface area contributed by atoms with Crippen molar-refractivity contribution in [2.75, 3.05) is 5.88 Å². The smallest absolute Gasteiger partial charge is 0.0434 e. The largest absolute Gasteiger partial charge is 0.122 e. The van der Waals surface area contributed by atoms with Crippen molar-refractivity contribution < 1.29 is 0 Å². The lowest BCUT2D eigenvalue weighted by molar-refractivity contribution is 1.33. The monoisotopic (exact) mass is 194 g/mol. The maximum atomic E-state index is 5.74. The summed E-state index contributed by atoms with van der Waals surface area (Å²) in [5, 5.41) is 0. The van der Waals surface area contributed by atoms with E-state index in [1.807, 2.05) is 0 Å². The molecule has 0 amide bonds. The van der Waals surface area contributed by atoms with Crippen molar-refractivity contribution >= 4 is 17.7 Å². The maximum Gasteiger partial charge on any atom is 0.0434 e. The van der Waals surface area contributed by atoms with Gasteiger partial charge in [0.15, 0.2) is 0 Å². The van der Waals surface area contributed by atoms with E-state index < -0.39 is 0 Å². The molecular weight excluding hydrogens is 180 g/mol. The molecule has 0 saturated heterocycles. The summed E-state index contributed by atoms with van der Waals surface area (Å²) in [6.45, 7) is 6.31. The number of alkyl halides is 1. The van der Waals surface area contributed by atoms with Crippen molar-refractivity contribution in [1.82, 2.24) is 0 Å². The minimum absolute atomic E-state index is 0.605. The van der Waals surface area contributed by atoms with Gasteiger partial charge < -0.3 is 0 Å². The van der Waals surface area contributed by atoms with Crippen molar-refractivity contribution in [3.63, 3.8) is 0 Å². The second kappa shape index (κ2) is 4.48. The summed E-state index contributed by atoms with van der Waals surface area (Å²) < 4.78 is 0. The Kier molecular flexibility index (Phi) is 3.56. The Morgan fingerprint density at radius 2 is 1.85 bits per heavy atom. The van der Waals surface area contributed by atoms with Crippen LogP contribution >= 0.6 is 11.6 Å². The molecule has 0 heterocycles. The van der Waals surface area contributed by atoms with Crippen LogP contribution in [0.5, 0.6) is 0 Å². The van der Waals surface area contributed by atoms with Crippen LogP contribution in [0.1, 0.15) is 23.6 Å². The van der Waals surface area contributed by atoms with Gasteiger partial charge in [0.2, 0.25) is 0 Å². The summed E-state index contributed by atoms with van der Waals surface area (Å²) in [4.78, 5) is 0. The molecule has 1 aromatic rings. The second-order valence-electron chi connectivity index (χ2n) is 3.43. The van der Waals surface area contributed by atoms with Crippen molar-refractivity contribution in [2.45, 2.75) is 20.8 Å². The molecule has 0 N–H and O–H groups in total. The number of allylic oxidation sites excluding steroid dienone is 1. The predicted molar refractivity (Wildman–Crippen MR) is 60.3 cm³/mol. The van der Waals surface area contributed by atoms with Crippen molar-refractivity contribution in [3.8, 4) is 0 Å². The Morgan fingerprint density at radius 3 is 2.31 bits per heavy atom. The zero-order chi connectivity index (χ0) is 9.84. The van der Waals surface area contributed by atoms with Gasteiger partial charge in [-0.05, 0) is 37.5 Å². The normalized spacial score (nSPS) is 11.8. The van der Waals surface area contributed by atoms with Gasteiger partial charge in [-0.2, -0.15) is 0 Å². The number of hydrogen-bond acceptors (Lipinski definition) is 0. The van der Waals surface area contributed by atoms with Crippen LogP contribution in [0.4, 0.5) is 0 Å². The molecule has 1 rings (SSSR count). The number of rotatable bonds is 2. The van der Waals surface area contributed by atoms with Gasteiger partial charge in [0.05, 0.1) is 0 Å². The van der Waals surface area contributed by atoms with Crippen LogP contribution in [0.15, 0.2) is 23.8 Å². The molecule has 0 atom stereocenters. The first kappa shape index (κ1) is 10.3. The van der Waals surface area contributed by atoms with Gasteiger partial charge in [-0.1, -0.05) is 29.8 Å². The fraction of sp³-hybridized carbons (Fsp3) is 0.333. The van der Waals surface area contributed by atoms with Gasteiger partial charge in [-0.3, -0.25) is 0 Å². The Labute approximate surface area is 85.2 Å². The average Bonchev–Trinajstić information content (AvgIpc) is 2.11. The van der Waals surface area contributed by atoms with Gasteiger partial charge in [0.25, 0.3) is 0 Å². The molecule has 1 heteroatoms. The lowest BCUT2D eigenvalue weighted by Gasteiger charge is -2.05. The van der Waals surface area contributed by atoms with Crippen molar-refractivity contribution in [3.05, 3.63) is 40.5 Å². The Morgan fingerprint density at radius 1 is 1.31 bits per heavy atom. The van der Waals surface area contributed by atoms with Crippen LogP contribution in [0.25, 0.3) is 6.08 Å². The summed E-state index contributed by atoms with van der Waals surface area (Å²) in [7, 11) is 0. The SMILES string of the molecule is C/C(=C/c1c(C)cccc1C)CCl. The molecule has 0 aliphatic carbocycles. The van der Waals surface area contributed by atoms with E-state index in [2.05, 4.69) is 45.0 Å². The summed E-state index contributed by atoms with van der Waals surface area (Å²) in [6.07, 6.45) is 2.16. The third-order valence-corrected chi connectivity index (χ3v) is 2.57. The molecule has 0 bridgehead atoms. The first-order valence-corrected chi connectivity index (χ1v) is 4.98. The zero-order valence-corrected chi connectivity index (χ0v) is 9.15. The minimum Gasteiger partial charge on any atom is -0.122 e. The van der Waals surface area contributed by atoms with Crippen LogP contribution in [-0.2, 0) is 0 Å². The Bertz CT molecular complexity index is 304. The zero-order valence-electron chi connectivity index (χ0n) is 8.39. The standard InChI is InChI=1S/C12H15Cl/c1-9(8-13)7-12-10(2)5-4-6-11(12)3/h4-7H,8H2,1-3H3/b9-7-. The summed E-state index contributed by atoms with van der Waals surface area (Å²) >= 11 is 5.74. The topological polar surface area (TPSA) is 0 Å². The van der Waals surface area contributed by atoms with Crippen LogP contribution in [0.3, 0.4) is 0 Å². The molecule has 0 spiro atoms. The van der Waals surface area contributed by atoms with E-state index >= 15 is 0 Å². The molecule has 0 nitrogen and oxygen atoms in total. The summed E-state index contributed by atoms with van der Waals surface area (Å²) in [5.74, 6) is 0.605. The van der Waals surface area contributed by atoms with Crippen LogP contribution in [0.2, 0.25) is 0 Å². The molecule has 0 aliphatic heterocycles. The van der Waals surface area contributed by atoms with Gasteiger partial charge in [0, 0.05) is 5.88 Å². The molecule has 0 aliphatic rings. The van der Waals surface area contributed by atoms with Crippen LogP contribution < -0.4 is 0 Å². The number of aryl methyl sites for hydroxylation is 2. The fourth-order valence-electron chi connectivity index (χ4n) is 1.34. The Hall–Kier alpha value is -0.750. The highest BCUT2D eigenvalue weighted by atomic mass is 35.5. The van der Waals surface area contributed by atoms with Gasteiger partial charge in [-0.15, -0.1) is 11.6 Å². The highest BCUT2D eigenvalue weighted by Crippen LogP contribution is 2.17. The summed E-state index contributed by atoms with van der Waals surface area (Å²) in [6, 6.07) is 6.33. The third-order valence-electron chi connectivity index (χ3n) is 2.14. The number of halogens is 1. The third kappa shape index (κ3) is 2.60. The van der Waals surface area contributed by atoms with Crippen molar-refractivity contribution in [2.24, 2.45) is 0 Å². The molecule has 0 radical (unpaired) electrons. The second-order valence-corrected chi connectivity index (χ2v) is 3.70. The molecule has 0 saturated carbocycles. The lowest BCUT2D eigenvalue weighted by Crippen LogP contribution is -1.87. The minimum atomic E-state index is 0.605. The van der Waals surface area contributed by atoms with E-state index in [1.165, 1.54) is 22.3 Å². The molecule has 0 unspecified atom stereocenters. The van der Waals surface area contributed by atoms with E-state index in [9.17, 15) is 0 Å². The first-order valence-electron chi connectivity index (χ1n) is 4.44. The maximum absolute atomic E-state index is 5.74. The quantitative estimate of drug-likeness (QED) is 0.626. The highest BCUT2D eigenvalue weighted by Gasteiger charge is 1.98.